The van der Waals surface area contributed by atoms with E-state index in [1.165, 1.54) is 23.1 Å². The average molecular weight is 439 g/mol. The summed E-state index contributed by atoms with van der Waals surface area (Å²) >= 11 is 10.5. The highest BCUT2D eigenvalue weighted by Crippen LogP contribution is 2.32. The lowest BCUT2D eigenvalue weighted by Gasteiger charge is -2.00. The molecule has 0 atom stereocenters. The Balaban J connectivity index is 1.44. The van der Waals surface area contributed by atoms with Gasteiger partial charge in [0.25, 0.3) is 5.91 Å². The fourth-order valence-corrected chi connectivity index (χ4v) is 5.01. The van der Waals surface area contributed by atoms with Crippen LogP contribution in [0, 0.1) is 0 Å². The summed E-state index contributed by atoms with van der Waals surface area (Å²) in [6.07, 6.45) is 1.56. The first kappa shape index (κ1) is 19.9. The number of carbonyl (C=O) groups excluding carboxylic acids is 1. The van der Waals surface area contributed by atoms with Crippen LogP contribution in [0.4, 0.5) is 0 Å². The third-order valence-electron chi connectivity index (χ3n) is 3.25. The van der Waals surface area contributed by atoms with Gasteiger partial charge >= 0.3 is 0 Å². The monoisotopic (exact) mass is 438 g/mol. The third-order valence-corrected chi connectivity index (χ3v) is 6.86. The van der Waals surface area contributed by atoms with Gasteiger partial charge in [0.15, 0.2) is 8.68 Å². The molecule has 1 aromatic carbocycles. The molecular formula is C17H15ClN4O2S3. The van der Waals surface area contributed by atoms with E-state index >= 15 is 0 Å². The lowest BCUT2D eigenvalue weighted by atomic mass is 10.2. The zero-order valence-electron chi connectivity index (χ0n) is 14.2. The Labute approximate surface area is 173 Å². The predicted octanol–water partition coefficient (Wildman–Crippen LogP) is 4.71. The Hall–Kier alpha value is -1.81. The Morgan fingerprint density at radius 1 is 1.22 bits per heavy atom. The van der Waals surface area contributed by atoms with E-state index in [2.05, 4.69) is 20.7 Å². The van der Waals surface area contributed by atoms with Gasteiger partial charge in [-0.1, -0.05) is 64.7 Å². The van der Waals surface area contributed by atoms with Gasteiger partial charge < -0.3 is 4.42 Å². The summed E-state index contributed by atoms with van der Waals surface area (Å²) in [7, 11) is 0. The number of nitrogens with zero attached hydrogens (tertiary/aromatic N) is 3. The van der Waals surface area contributed by atoms with Gasteiger partial charge in [0.1, 0.15) is 11.5 Å². The molecule has 1 N–H and O–H groups in total. The van der Waals surface area contributed by atoms with Crippen LogP contribution < -0.4 is 5.43 Å². The molecule has 0 saturated carbocycles. The van der Waals surface area contributed by atoms with Gasteiger partial charge in [0.05, 0.1) is 12.0 Å². The highest BCUT2D eigenvalue weighted by molar-refractivity contribution is 8.03. The number of nitrogens with one attached hydrogen (secondary N) is 1. The maximum absolute atomic E-state index is 11.9. The molecule has 10 heteroatoms. The molecule has 0 radical (unpaired) electrons. The van der Waals surface area contributed by atoms with Crippen LogP contribution in [-0.2, 0) is 10.5 Å². The van der Waals surface area contributed by atoms with Gasteiger partial charge in [0.2, 0.25) is 0 Å². The van der Waals surface area contributed by atoms with Crippen LogP contribution in [0.1, 0.15) is 18.2 Å². The lowest BCUT2D eigenvalue weighted by Crippen LogP contribution is -2.21. The van der Waals surface area contributed by atoms with Gasteiger partial charge in [-0.2, -0.15) is 5.10 Å². The second-order valence-electron chi connectivity index (χ2n) is 5.21. The van der Waals surface area contributed by atoms with Crippen molar-refractivity contribution in [3.8, 4) is 0 Å². The molecule has 0 aliphatic carbocycles. The van der Waals surface area contributed by atoms with Crippen LogP contribution in [0.3, 0.4) is 0 Å². The molecule has 0 spiro atoms. The summed E-state index contributed by atoms with van der Waals surface area (Å²) in [6, 6.07) is 11.3. The second kappa shape index (κ2) is 9.93. The number of furan rings is 1. The number of amides is 1. The first-order valence-corrected chi connectivity index (χ1v) is 11.0. The Morgan fingerprint density at radius 3 is 2.74 bits per heavy atom. The molecule has 1 amide bonds. The Bertz CT molecular complexity index is 928. The Kier molecular flexibility index (Phi) is 7.33. The standard InChI is InChI=1S/C17H15ClN4O2S3/c1-11(14-7-4-8-24-14)19-20-15(23)10-26-17-22-21-16(27-17)25-9-12-5-2-3-6-13(12)18/h2-8H,9-10H2,1H3,(H,20,23)/b19-11+. The lowest BCUT2D eigenvalue weighted by molar-refractivity contribution is -0.118. The minimum atomic E-state index is -0.216. The van der Waals surface area contributed by atoms with Crippen LogP contribution in [0.25, 0.3) is 0 Å². The van der Waals surface area contributed by atoms with E-state index in [1.807, 2.05) is 24.3 Å². The highest BCUT2D eigenvalue weighted by Gasteiger charge is 2.10. The van der Waals surface area contributed by atoms with Crippen molar-refractivity contribution in [3.63, 3.8) is 0 Å². The van der Waals surface area contributed by atoms with Crippen LogP contribution in [0.2, 0.25) is 5.02 Å². The maximum Gasteiger partial charge on any atom is 0.250 e. The van der Waals surface area contributed by atoms with Crippen molar-refractivity contribution >= 4 is 58.1 Å². The molecule has 3 rings (SSSR count). The van der Waals surface area contributed by atoms with Crippen LogP contribution in [-0.4, -0.2) is 27.6 Å². The van der Waals surface area contributed by atoms with Gasteiger partial charge in [-0.3, -0.25) is 4.79 Å². The summed E-state index contributed by atoms with van der Waals surface area (Å²) < 4.78 is 6.78. The van der Waals surface area contributed by atoms with E-state index in [0.717, 1.165) is 25.0 Å². The van der Waals surface area contributed by atoms with Gasteiger partial charge in [-0.25, -0.2) is 5.43 Å². The van der Waals surface area contributed by atoms with Crippen molar-refractivity contribution in [1.82, 2.24) is 15.6 Å². The number of rotatable bonds is 8. The topological polar surface area (TPSA) is 80.4 Å². The fourth-order valence-electron chi connectivity index (χ4n) is 1.91. The predicted molar refractivity (Wildman–Crippen MR) is 111 cm³/mol. The van der Waals surface area contributed by atoms with E-state index in [4.69, 9.17) is 16.0 Å². The first-order chi connectivity index (χ1) is 13.1. The molecule has 3 aromatic rings. The van der Waals surface area contributed by atoms with E-state index < -0.39 is 0 Å². The van der Waals surface area contributed by atoms with Gasteiger partial charge in [-0.05, 0) is 30.7 Å². The highest BCUT2D eigenvalue weighted by atomic mass is 35.5. The van der Waals surface area contributed by atoms with Crippen LogP contribution in [0.5, 0.6) is 0 Å². The fraction of sp³-hybridized carbons (Fsp3) is 0.176. The van der Waals surface area contributed by atoms with Crippen molar-refractivity contribution in [3.05, 3.63) is 59.0 Å². The number of hydrogen-bond acceptors (Lipinski definition) is 8. The largest absolute Gasteiger partial charge is 0.463 e. The number of hydrazone groups is 1. The van der Waals surface area contributed by atoms with E-state index in [0.29, 0.717) is 11.5 Å². The summed E-state index contributed by atoms with van der Waals surface area (Å²) in [4.78, 5) is 11.9. The van der Waals surface area contributed by atoms with Crippen molar-refractivity contribution in [2.24, 2.45) is 5.10 Å². The van der Waals surface area contributed by atoms with Crippen molar-refractivity contribution in [1.29, 1.82) is 0 Å². The number of carbonyl (C=O) groups is 1. The summed E-state index contributed by atoms with van der Waals surface area (Å²) in [5.41, 5.74) is 4.16. The van der Waals surface area contributed by atoms with Gasteiger partial charge in [-0.15, -0.1) is 10.2 Å². The maximum atomic E-state index is 11.9. The van der Waals surface area contributed by atoms with Crippen LogP contribution >= 0.6 is 46.5 Å². The molecule has 0 saturated heterocycles. The SMILES string of the molecule is C/C(=N\NC(=O)CSc1nnc(SCc2ccccc2Cl)s1)c1ccco1. The normalized spacial score (nSPS) is 11.6. The molecule has 2 aromatic heterocycles. The van der Waals surface area contributed by atoms with Crippen molar-refractivity contribution in [2.75, 3.05) is 5.75 Å². The molecular weight excluding hydrogens is 424 g/mol. The number of thioether (sulfide) groups is 2. The summed E-state index contributed by atoms with van der Waals surface area (Å²) in [5, 5.41) is 13.0. The quantitative estimate of drug-likeness (QED) is 0.311. The second-order valence-corrected chi connectivity index (χ2v) is 9.04. The zero-order valence-corrected chi connectivity index (χ0v) is 17.4. The first-order valence-electron chi connectivity index (χ1n) is 7.81. The van der Waals surface area contributed by atoms with Gasteiger partial charge in [0, 0.05) is 10.8 Å². The van der Waals surface area contributed by atoms with Crippen molar-refractivity contribution in [2.45, 2.75) is 21.4 Å². The molecule has 0 unspecified atom stereocenters. The molecule has 0 aliphatic heterocycles. The zero-order chi connectivity index (χ0) is 19.1. The summed E-state index contributed by atoms with van der Waals surface area (Å²) in [5.74, 6) is 1.33. The van der Waals surface area contributed by atoms with E-state index in [9.17, 15) is 4.79 Å². The molecule has 6 nitrogen and oxygen atoms in total. The molecule has 140 valence electrons. The smallest absolute Gasteiger partial charge is 0.250 e. The molecule has 2 heterocycles. The number of aromatic nitrogens is 2. The van der Waals surface area contributed by atoms with E-state index in [1.54, 1.807) is 37.1 Å². The molecule has 0 bridgehead atoms. The van der Waals surface area contributed by atoms with E-state index in [-0.39, 0.29) is 11.7 Å². The third kappa shape index (κ3) is 6.10. The number of hydrogen-bond donors (Lipinski definition) is 1. The van der Waals surface area contributed by atoms with Crippen molar-refractivity contribution < 1.29 is 9.21 Å². The minimum absolute atomic E-state index is 0.207. The molecule has 27 heavy (non-hydrogen) atoms. The van der Waals surface area contributed by atoms with Crippen LogP contribution in [0.15, 0.2) is 60.9 Å². The summed E-state index contributed by atoms with van der Waals surface area (Å²) in [6.45, 7) is 1.76. The minimum Gasteiger partial charge on any atom is -0.463 e. The average Bonchev–Trinajstić information content (AvgIpc) is 3.36. The Morgan fingerprint density at radius 2 is 2.00 bits per heavy atom. The molecule has 0 aliphatic rings. The molecule has 0 fully saturated rings. The number of halogens is 1. The number of benzene rings is 1.